The molecule has 1 heterocycles. The SMILES string of the molecule is O=C(O)CCC1CCS(=O)(=O)CCC1(F)F. The average molecular weight is 256 g/mol. The Kier molecular flexibility index (Phi) is 3.88. The number of carboxylic acids is 1. The maximum Gasteiger partial charge on any atom is 0.303 e. The first-order valence-corrected chi connectivity index (χ1v) is 6.85. The number of rotatable bonds is 3. The molecule has 0 bridgehead atoms. The molecule has 1 saturated heterocycles. The molecule has 1 N–H and O–H groups in total. The van der Waals surface area contributed by atoms with Gasteiger partial charge in [0.2, 0.25) is 0 Å². The molecule has 0 radical (unpaired) electrons. The highest BCUT2D eigenvalue weighted by Crippen LogP contribution is 2.37. The highest BCUT2D eigenvalue weighted by molar-refractivity contribution is 7.91. The smallest absolute Gasteiger partial charge is 0.303 e. The van der Waals surface area contributed by atoms with E-state index >= 15 is 0 Å². The predicted octanol–water partition coefficient (Wildman–Crippen LogP) is 1.31. The first-order valence-electron chi connectivity index (χ1n) is 5.03. The Balaban J connectivity index is 2.70. The van der Waals surface area contributed by atoms with Gasteiger partial charge in [-0.3, -0.25) is 4.79 Å². The van der Waals surface area contributed by atoms with E-state index in [2.05, 4.69) is 0 Å². The summed E-state index contributed by atoms with van der Waals surface area (Å²) in [6.45, 7) is 0. The quantitative estimate of drug-likeness (QED) is 0.826. The molecule has 1 atom stereocenters. The van der Waals surface area contributed by atoms with Crippen molar-refractivity contribution in [1.29, 1.82) is 0 Å². The van der Waals surface area contributed by atoms with Crippen molar-refractivity contribution >= 4 is 15.8 Å². The molecular weight excluding hydrogens is 242 g/mol. The van der Waals surface area contributed by atoms with Crippen molar-refractivity contribution in [2.24, 2.45) is 5.92 Å². The molecule has 4 nitrogen and oxygen atoms in total. The van der Waals surface area contributed by atoms with Crippen LogP contribution in [0.25, 0.3) is 0 Å². The third-order valence-corrected chi connectivity index (χ3v) is 4.51. The fraction of sp³-hybridized carbons (Fsp3) is 0.889. The molecule has 0 aromatic carbocycles. The summed E-state index contributed by atoms with van der Waals surface area (Å²) in [6.07, 6.45) is -1.36. The van der Waals surface area contributed by atoms with Gasteiger partial charge in [0.05, 0.1) is 11.5 Å². The molecule has 16 heavy (non-hydrogen) atoms. The van der Waals surface area contributed by atoms with E-state index in [0.29, 0.717) is 0 Å². The second-order valence-corrected chi connectivity index (χ2v) is 6.38. The molecule has 0 spiro atoms. The number of alkyl halides is 2. The predicted molar refractivity (Wildman–Crippen MR) is 53.2 cm³/mol. The lowest BCUT2D eigenvalue weighted by molar-refractivity contribution is -0.138. The largest absolute Gasteiger partial charge is 0.481 e. The summed E-state index contributed by atoms with van der Waals surface area (Å²) < 4.78 is 49.3. The second-order valence-electron chi connectivity index (χ2n) is 4.08. The summed E-state index contributed by atoms with van der Waals surface area (Å²) in [5, 5.41) is 8.42. The minimum atomic E-state index is -3.39. The first-order chi connectivity index (χ1) is 7.23. The monoisotopic (exact) mass is 256 g/mol. The van der Waals surface area contributed by atoms with Crippen LogP contribution in [-0.2, 0) is 14.6 Å². The van der Waals surface area contributed by atoms with E-state index in [4.69, 9.17) is 5.11 Å². The van der Waals surface area contributed by atoms with Gasteiger partial charge in [-0.15, -0.1) is 0 Å². The molecule has 94 valence electrons. The number of carbonyl (C=O) groups is 1. The standard InChI is InChI=1S/C9H14F2O4S/c10-9(11)4-6-16(14,15)5-3-7(9)1-2-8(12)13/h7H,1-6H2,(H,12,13). The Morgan fingerprint density at radius 3 is 2.56 bits per heavy atom. The molecule has 1 rings (SSSR count). The Morgan fingerprint density at radius 1 is 1.38 bits per heavy atom. The maximum atomic E-state index is 13.5. The summed E-state index contributed by atoms with van der Waals surface area (Å²) in [7, 11) is -3.39. The Bertz CT molecular complexity index is 364. The number of hydrogen-bond acceptors (Lipinski definition) is 3. The summed E-state index contributed by atoms with van der Waals surface area (Å²) >= 11 is 0. The zero-order valence-corrected chi connectivity index (χ0v) is 9.47. The number of carboxylic acid groups (broad SMARTS) is 1. The van der Waals surface area contributed by atoms with E-state index in [0.717, 1.165) is 0 Å². The van der Waals surface area contributed by atoms with Crippen molar-refractivity contribution in [1.82, 2.24) is 0 Å². The lowest BCUT2D eigenvalue weighted by Crippen LogP contribution is -2.28. The molecule has 7 heteroatoms. The topological polar surface area (TPSA) is 71.4 Å². The molecule has 0 saturated carbocycles. The minimum absolute atomic E-state index is 0.150. The van der Waals surface area contributed by atoms with Crippen LogP contribution in [0.5, 0.6) is 0 Å². The molecule has 1 fully saturated rings. The van der Waals surface area contributed by atoms with E-state index in [9.17, 15) is 22.0 Å². The first kappa shape index (κ1) is 13.3. The normalized spacial score (nSPS) is 28.2. The Hall–Kier alpha value is -0.720. The van der Waals surface area contributed by atoms with Crippen molar-refractivity contribution in [2.75, 3.05) is 11.5 Å². The van der Waals surface area contributed by atoms with Gasteiger partial charge >= 0.3 is 5.97 Å². The van der Waals surface area contributed by atoms with Gasteiger partial charge in [0, 0.05) is 18.8 Å². The average Bonchev–Trinajstić information content (AvgIpc) is 2.23. The molecule has 0 aromatic rings. The third-order valence-electron chi connectivity index (χ3n) is 2.83. The number of halogens is 2. The van der Waals surface area contributed by atoms with Crippen LogP contribution >= 0.6 is 0 Å². The fourth-order valence-electron chi connectivity index (χ4n) is 1.78. The molecule has 0 aromatic heterocycles. The summed E-state index contributed by atoms with van der Waals surface area (Å²) in [6, 6.07) is 0. The Labute approximate surface area is 92.6 Å². The van der Waals surface area contributed by atoms with Gasteiger partial charge < -0.3 is 5.11 Å². The number of aliphatic carboxylic acids is 1. The van der Waals surface area contributed by atoms with Crippen LogP contribution in [0.4, 0.5) is 8.78 Å². The van der Waals surface area contributed by atoms with Gasteiger partial charge in [0.1, 0.15) is 0 Å². The van der Waals surface area contributed by atoms with Crippen LogP contribution < -0.4 is 0 Å². The van der Waals surface area contributed by atoms with Crippen LogP contribution in [0.3, 0.4) is 0 Å². The van der Waals surface area contributed by atoms with Crippen LogP contribution in [0.2, 0.25) is 0 Å². The van der Waals surface area contributed by atoms with Gasteiger partial charge in [0.15, 0.2) is 9.84 Å². The van der Waals surface area contributed by atoms with E-state index in [1.54, 1.807) is 0 Å². The Morgan fingerprint density at radius 2 is 2.00 bits per heavy atom. The van der Waals surface area contributed by atoms with Gasteiger partial charge in [-0.1, -0.05) is 0 Å². The lowest BCUT2D eigenvalue weighted by atomic mass is 9.91. The van der Waals surface area contributed by atoms with E-state index in [-0.39, 0.29) is 25.0 Å². The van der Waals surface area contributed by atoms with E-state index in [1.165, 1.54) is 0 Å². The van der Waals surface area contributed by atoms with Crippen LogP contribution in [0, 0.1) is 5.92 Å². The van der Waals surface area contributed by atoms with E-state index in [1.807, 2.05) is 0 Å². The van der Waals surface area contributed by atoms with Gasteiger partial charge in [0.25, 0.3) is 5.92 Å². The minimum Gasteiger partial charge on any atom is -0.481 e. The van der Waals surface area contributed by atoms with Crippen molar-refractivity contribution in [3.8, 4) is 0 Å². The zero-order valence-electron chi connectivity index (χ0n) is 8.66. The second kappa shape index (κ2) is 4.65. The molecular formula is C9H14F2O4S. The van der Waals surface area contributed by atoms with Gasteiger partial charge in [-0.2, -0.15) is 0 Å². The molecule has 0 aliphatic carbocycles. The highest BCUT2D eigenvalue weighted by Gasteiger charge is 2.42. The van der Waals surface area contributed by atoms with Crippen molar-refractivity contribution in [3.63, 3.8) is 0 Å². The lowest BCUT2D eigenvalue weighted by Gasteiger charge is -2.23. The van der Waals surface area contributed by atoms with Crippen LogP contribution in [-0.4, -0.2) is 36.9 Å². The fourth-order valence-corrected chi connectivity index (χ4v) is 3.21. The number of hydrogen-bond donors (Lipinski definition) is 1. The molecule has 1 aliphatic rings. The van der Waals surface area contributed by atoms with Gasteiger partial charge in [-0.25, -0.2) is 17.2 Å². The van der Waals surface area contributed by atoms with Crippen molar-refractivity contribution in [3.05, 3.63) is 0 Å². The molecule has 1 unspecified atom stereocenters. The van der Waals surface area contributed by atoms with Crippen molar-refractivity contribution in [2.45, 2.75) is 31.6 Å². The van der Waals surface area contributed by atoms with E-state index < -0.39 is 39.8 Å². The van der Waals surface area contributed by atoms with Gasteiger partial charge in [-0.05, 0) is 12.8 Å². The van der Waals surface area contributed by atoms with Crippen LogP contribution in [0.1, 0.15) is 25.7 Å². The number of sulfone groups is 1. The summed E-state index contributed by atoms with van der Waals surface area (Å²) in [5.41, 5.74) is 0. The van der Waals surface area contributed by atoms with Crippen LogP contribution in [0.15, 0.2) is 0 Å². The third kappa shape index (κ3) is 3.70. The highest BCUT2D eigenvalue weighted by atomic mass is 32.2. The molecule has 1 aliphatic heterocycles. The zero-order chi connectivity index (χ0) is 12.4. The maximum absolute atomic E-state index is 13.5. The van der Waals surface area contributed by atoms with Crippen molar-refractivity contribution < 1.29 is 27.1 Å². The summed E-state index contributed by atoms with van der Waals surface area (Å²) in [5.74, 6) is -6.13. The molecule has 0 amide bonds. The summed E-state index contributed by atoms with van der Waals surface area (Å²) in [4.78, 5) is 10.3.